The number of rotatable bonds is 6. The highest BCUT2D eigenvalue weighted by Gasteiger charge is 2.26. The summed E-state index contributed by atoms with van der Waals surface area (Å²) in [4.78, 5) is 21.8. The van der Waals surface area contributed by atoms with Crippen LogP contribution in [0.25, 0.3) is 11.5 Å². The normalized spacial score (nSPS) is 13.5. The summed E-state index contributed by atoms with van der Waals surface area (Å²) < 4.78 is 18.1. The molecule has 1 fully saturated rings. The topological polar surface area (TPSA) is 90.5 Å². The van der Waals surface area contributed by atoms with E-state index in [4.69, 9.17) is 0 Å². The minimum atomic E-state index is -0.592. The average Bonchev–Trinajstić information content (AvgIpc) is 3.31. The van der Waals surface area contributed by atoms with Crippen molar-refractivity contribution in [3.05, 3.63) is 77.4 Å². The Kier molecular flexibility index (Phi) is 5.24. The Morgan fingerprint density at radius 1 is 1.21 bits per heavy atom. The van der Waals surface area contributed by atoms with Crippen molar-refractivity contribution in [2.75, 3.05) is 5.32 Å². The fourth-order valence-electron chi connectivity index (χ4n) is 3.63. The van der Waals surface area contributed by atoms with E-state index in [-0.39, 0.29) is 11.5 Å². The molecule has 1 aromatic carbocycles. The van der Waals surface area contributed by atoms with Gasteiger partial charge in [-0.25, -0.2) is 19.0 Å². The molecule has 0 aliphatic heterocycles. The van der Waals surface area contributed by atoms with Crippen molar-refractivity contribution in [2.45, 2.75) is 45.4 Å². The monoisotopic (exact) mass is 445 g/mol. The number of imidazole rings is 1. The van der Waals surface area contributed by atoms with Crippen LogP contribution in [0.15, 0.2) is 49.1 Å². The van der Waals surface area contributed by atoms with Gasteiger partial charge in [0.1, 0.15) is 11.6 Å². The fourth-order valence-corrected chi connectivity index (χ4v) is 3.63. The largest absolute Gasteiger partial charge is 0.306 e. The molecule has 0 radical (unpaired) electrons. The molecule has 0 atom stereocenters. The van der Waals surface area contributed by atoms with Crippen molar-refractivity contribution in [1.29, 1.82) is 0 Å². The van der Waals surface area contributed by atoms with E-state index in [1.807, 2.05) is 31.5 Å². The SMILES string of the molecule is Cc1cc(F)c(C(=O)Nc2cccc(-n3cc(C(C)C)nn3)n2)cc1-n1cnc(C2CC2)c1. The minimum Gasteiger partial charge on any atom is -0.306 e. The van der Waals surface area contributed by atoms with Crippen molar-refractivity contribution in [3.63, 3.8) is 0 Å². The smallest absolute Gasteiger partial charge is 0.259 e. The second-order valence-corrected chi connectivity index (χ2v) is 8.68. The second kappa shape index (κ2) is 8.23. The Labute approximate surface area is 190 Å². The molecule has 1 saturated carbocycles. The predicted molar refractivity (Wildman–Crippen MR) is 121 cm³/mol. The highest BCUT2D eigenvalue weighted by atomic mass is 19.1. The molecule has 1 aliphatic rings. The average molecular weight is 446 g/mol. The van der Waals surface area contributed by atoms with E-state index in [0.29, 0.717) is 23.2 Å². The highest BCUT2D eigenvalue weighted by Crippen LogP contribution is 2.39. The van der Waals surface area contributed by atoms with Crippen LogP contribution >= 0.6 is 0 Å². The number of nitrogens with zero attached hydrogens (tertiary/aromatic N) is 6. The summed E-state index contributed by atoms with van der Waals surface area (Å²) in [5.74, 6) is 0.362. The third kappa shape index (κ3) is 4.26. The van der Waals surface area contributed by atoms with Crippen molar-refractivity contribution >= 4 is 11.7 Å². The van der Waals surface area contributed by atoms with Crippen LogP contribution in [0.5, 0.6) is 0 Å². The standard InChI is InChI=1S/C24H24FN7O/c1-14(2)19-12-32(30-29-19)23-6-4-5-22(27-23)28-24(33)17-10-21(15(3)9-18(17)25)31-11-20(26-13-31)16-7-8-16/h4-6,9-14,16H,7-8H2,1-3H3,(H,27,28,33). The number of carbonyl (C=O) groups is 1. The lowest BCUT2D eigenvalue weighted by Crippen LogP contribution is -2.16. The van der Waals surface area contributed by atoms with Gasteiger partial charge in [-0.05, 0) is 55.5 Å². The number of amides is 1. The van der Waals surface area contributed by atoms with Crippen LogP contribution in [0.1, 0.15) is 65.8 Å². The van der Waals surface area contributed by atoms with E-state index in [1.54, 1.807) is 41.5 Å². The quantitative estimate of drug-likeness (QED) is 0.470. The zero-order chi connectivity index (χ0) is 23.1. The van der Waals surface area contributed by atoms with Crippen LogP contribution in [0.2, 0.25) is 0 Å². The number of carbonyl (C=O) groups excluding carboxylic acids is 1. The maximum Gasteiger partial charge on any atom is 0.259 e. The Morgan fingerprint density at radius 3 is 2.76 bits per heavy atom. The summed E-state index contributed by atoms with van der Waals surface area (Å²) in [7, 11) is 0. The second-order valence-electron chi connectivity index (χ2n) is 8.68. The summed E-state index contributed by atoms with van der Waals surface area (Å²) in [6, 6.07) is 8.07. The van der Waals surface area contributed by atoms with Crippen LogP contribution in [-0.4, -0.2) is 35.4 Å². The van der Waals surface area contributed by atoms with Crippen LogP contribution < -0.4 is 5.32 Å². The maximum absolute atomic E-state index is 14.7. The number of hydrogen-bond donors (Lipinski definition) is 1. The van der Waals surface area contributed by atoms with Crippen LogP contribution in [0, 0.1) is 12.7 Å². The number of anilines is 1. The first-order chi connectivity index (χ1) is 15.9. The van der Waals surface area contributed by atoms with Gasteiger partial charge < -0.3 is 9.88 Å². The lowest BCUT2D eigenvalue weighted by Gasteiger charge is -2.12. The van der Waals surface area contributed by atoms with E-state index in [0.717, 1.165) is 29.8 Å². The third-order valence-electron chi connectivity index (χ3n) is 5.72. The number of benzene rings is 1. The number of hydrogen-bond acceptors (Lipinski definition) is 5. The van der Waals surface area contributed by atoms with Gasteiger partial charge in [-0.2, -0.15) is 0 Å². The van der Waals surface area contributed by atoms with Gasteiger partial charge in [0.15, 0.2) is 5.82 Å². The molecule has 0 unspecified atom stereocenters. The number of aryl methyl sites for hydroxylation is 1. The zero-order valence-electron chi connectivity index (χ0n) is 18.7. The first-order valence-corrected chi connectivity index (χ1v) is 10.9. The molecule has 168 valence electrons. The highest BCUT2D eigenvalue weighted by molar-refractivity contribution is 6.04. The molecule has 5 rings (SSSR count). The summed E-state index contributed by atoms with van der Waals surface area (Å²) in [6.45, 7) is 5.87. The van der Waals surface area contributed by atoms with Crippen LogP contribution in [0.4, 0.5) is 10.2 Å². The van der Waals surface area contributed by atoms with Gasteiger partial charge in [0.05, 0.1) is 35.2 Å². The van der Waals surface area contributed by atoms with E-state index < -0.39 is 11.7 Å². The maximum atomic E-state index is 14.7. The van der Waals surface area contributed by atoms with Crippen molar-refractivity contribution in [1.82, 2.24) is 29.5 Å². The number of halogens is 1. The Balaban J connectivity index is 1.40. The lowest BCUT2D eigenvalue weighted by atomic mass is 10.1. The van der Waals surface area contributed by atoms with Gasteiger partial charge in [-0.15, -0.1) is 5.10 Å². The van der Waals surface area contributed by atoms with Crippen molar-refractivity contribution in [2.24, 2.45) is 0 Å². The van der Waals surface area contributed by atoms with E-state index in [1.165, 1.54) is 6.07 Å². The molecule has 9 heteroatoms. The molecule has 0 spiro atoms. The molecule has 33 heavy (non-hydrogen) atoms. The van der Waals surface area contributed by atoms with E-state index in [9.17, 15) is 9.18 Å². The van der Waals surface area contributed by atoms with Gasteiger partial charge in [0, 0.05) is 12.1 Å². The molecule has 3 heterocycles. The first-order valence-electron chi connectivity index (χ1n) is 10.9. The van der Waals surface area contributed by atoms with Crippen molar-refractivity contribution < 1.29 is 9.18 Å². The molecule has 0 saturated heterocycles. The zero-order valence-corrected chi connectivity index (χ0v) is 18.7. The van der Waals surface area contributed by atoms with Gasteiger partial charge >= 0.3 is 0 Å². The predicted octanol–water partition coefficient (Wildman–Crippen LogP) is 4.55. The number of pyridine rings is 1. The van der Waals surface area contributed by atoms with Crippen LogP contribution in [-0.2, 0) is 0 Å². The Hall–Kier alpha value is -3.88. The van der Waals surface area contributed by atoms with E-state index >= 15 is 0 Å². The van der Waals surface area contributed by atoms with Crippen LogP contribution in [0.3, 0.4) is 0 Å². The van der Waals surface area contributed by atoms with Gasteiger partial charge in [0.25, 0.3) is 5.91 Å². The summed E-state index contributed by atoms with van der Waals surface area (Å²) in [5, 5.41) is 10.9. The fraction of sp³-hybridized carbons (Fsp3) is 0.292. The molecule has 1 amide bonds. The summed E-state index contributed by atoms with van der Waals surface area (Å²) in [6.07, 6.45) is 7.75. The summed E-state index contributed by atoms with van der Waals surface area (Å²) >= 11 is 0. The minimum absolute atomic E-state index is 0.0627. The molecular weight excluding hydrogens is 421 g/mol. The molecule has 8 nitrogen and oxygen atoms in total. The van der Waals surface area contributed by atoms with E-state index in [2.05, 4.69) is 25.6 Å². The molecule has 4 aromatic rings. The third-order valence-corrected chi connectivity index (χ3v) is 5.72. The number of aromatic nitrogens is 6. The van der Waals surface area contributed by atoms with Gasteiger partial charge in [0.2, 0.25) is 0 Å². The first kappa shape index (κ1) is 21.0. The van der Waals surface area contributed by atoms with Crippen molar-refractivity contribution in [3.8, 4) is 11.5 Å². The molecule has 0 bridgehead atoms. The number of nitrogens with one attached hydrogen (secondary N) is 1. The Morgan fingerprint density at radius 2 is 2.03 bits per heavy atom. The molecular formula is C24H24FN7O. The molecule has 1 aliphatic carbocycles. The molecule has 1 N–H and O–H groups in total. The van der Waals surface area contributed by atoms with Gasteiger partial charge in [-0.1, -0.05) is 25.1 Å². The summed E-state index contributed by atoms with van der Waals surface area (Å²) in [5.41, 5.74) is 3.24. The lowest BCUT2D eigenvalue weighted by molar-refractivity contribution is 0.102. The van der Waals surface area contributed by atoms with Gasteiger partial charge in [-0.3, -0.25) is 4.79 Å². The molecule has 3 aromatic heterocycles. The Bertz CT molecular complexity index is 1340.